The monoisotopic (exact) mass is 257 g/mol. The minimum Gasteiger partial charge on any atom is -0.326 e. The zero-order valence-corrected chi connectivity index (χ0v) is 11.2. The van der Waals surface area contributed by atoms with Crippen LogP contribution in [0.5, 0.6) is 0 Å². The van der Waals surface area contributed by atoms with Crippen molar-refractivity contribution in [3.8, 4) is 0 Å². The quantitative estimate of drug-likeness (QED) is 0.845. The zero-order valence-electron chi connectivity index (χ0n) is 11.2. The van der Waals surface area contributed by atoms with Gasteiger partial charge in [0.1, 0.15) is 0 Å². The Balaban J connectivity index is 1.64. The molecule has 0 spiro atoms. The number of hydrogen-bond donors (Lipinski definition) is 1. The van der Waals surface area contributed by atoms with Crippen LogP contribution in [0.4, 0.5) is 5.69 Å². The molecule has 2 saturated carbocycles. The van der Waals surface area contributed by atoms with E-state index < -0.39 is 0 Å². The predicted molar refractivity (Wildman–Crippen MR) is 74.0 cm³/mol. The predicted octanol–water partition coefficient (Wildman–Crippen LogP) is 3.26. The van der Waals surface area contributed by atoms with Gasteiger partial charge in [-0.05, 0) is 62.3 Å². The van der Waals surface area contributed by atoms with Crippen LogP contribution in [0.15, 0.2) is 24.3 Å². The Kier molecular flexibility index (Phi) is 3.13. The molecule has 2 bridgehead atoms. The highest BCUT2D eigenvalue weighted by atomic mass is 16.2. The number of carbonyl (C=O) groups is 2. The van der Waals surface area contributed by atoms with Crippen molar-refractivity contribution >= 4 is 17.4 Å². The van der Waals surface area contributed by atoms with Crippen LogP contribution in [-0.4, -0.2) is 11.7 Å². The summed E-state index contributed by atoms with van der Waals surface area (Å²) in [6, 6.07) is 7.14. The summed E-state index contributed by atoms with van der Waals surface area (Å²) in [6.07, 6.45) is 4.82. The van der Waals surface area contributed by atoms with E-state index in [0.717, 1.165) is 18.0 Å². The van der Waals surface area contributed by atoms with Gasteiger partial charge < -0.3 is 5.32 Å². The minimum atomic E-state index is 0.0472. The smallest absolute Gasteiger partial charge is 0.227 e. The van der Waals surface area contributed by atoms with Crippen LogP contribution in [0.3, 0.4) is 0 Å². The summed E-state index contributed by atoms with van der Waals surface area (Å²) in [5, 5.41) is 2.98. The van der Waals surface area contributed by atoms with E-state index in [1.54, 1.807) is 19.1 Å². The van der Waals surface area contributed by atoms with Crippen molar-refractivity contribution in [2.75, 3.05) is 5.32 Å². The first kappa shape index (κ1) is 12.4. The van der Waals surface area contributed by atoms with E-state index in [4.69, 9.17) is 0 Å². The molecular weight excluding hydrogens is 238 g/mol. The number of fused-ring (bicyclic) bond motifs is 2. The molecule has 3 nitrogen and oxygen atoms in total. The molecule has 1 aromatic rings. The topological polar surface area (TPSA) is 46.2 Å². The highest BCUT2D eigenvalue weighted by Crippen LogP contribution is 2.48. The van der Waals surface area contributed by atoms with E-state index in [1.807, 2.05) is 12.1 Å². The maximum absolute atomic E-state index is 12.2. The molecule has 3 rings (SSSR count). The maximum Gasteiger partial charge on any atom is 0.227 e. The molecule has 0 heterocycles. The Labute approximate surface area is 113 Å². The summed E-state index contributed by atoms with van der Waals surface area (Å²) in [5.41, 5.74) is 1.47. The average molecular weight is 257 g/mol. The van der Waals surface area contributed by atoms with Gasteiger partial charge in [-0.1, -0.05) is 6.42 Å². The summed E-state index contributed by atoms with van der Waals surface area (Å²) in [4.78, 5) is 23.4. The van der Waals surface area contributed by atoms with Gasteiger partial charge in [-0.25, -0.2) is 0 Å². The molecule has 1 N–H and O–H groups in total. The lowest BCUT2D eigenvalue weighted by molar-refractivity contribution is -0.121. The van der Waals surface area contributed by atoms with Crippen LogP contribution in [0.2, 0.25) is 0 Å². The Hall–Kier alpha value is -1.64. The Bertz CT molecular complexity index is 506. The third-order valence-corrected chi connectivity index (χ3v) is 4.63. The number of carbonyl (C=O) groups excluding carboxylic acids is 2. The van der Waals surface area contributed by atoms with E-state index in [9.17, 15) is 9.59 Å². The molecule has 19 heavy (non-hydrogen) atoms. The number of rotatable bonds is 3. The highest BCUT2D eigenvalue weighted by molar-refractivity contribution is 5.96. The van der Waals surface area contributed by atoms with Gasteiger partial charge in [0.15, 0.2) is 5.78 Å². The van der Waals surface area contributed by atoms with Crippen molar-refractivity contribution in [2.45, 2.75) is 32.6 Å². The lowest BCUT2D eigenvalue weighted by Gasteiger charge is -2.20. The van der Waals surface area contributed by atoms with E-state index in [1.165, 1.54) is 19.3 Å². The highest BCUT2D eigenvalue weighted by Gasteiger charge is 2.42. The van der Waals surface area contributed by atoms with Crippen molar-refractivity contribution < 1.29 is 9.59 Å². The molecular formula is C16H19NO2. The molecule has 0 radical (unpaired) electrons. The van der Waals surface area contributed by atoms with Gasteiger partial charge in [0.25, 0.3) is 0 Å². The van der Waals surface area contributed by atoms with Gasteiger partial charge in [0.05, 0.1) is 0 Å². The summed E-state index contributed by atoms with van der Waals surface area (Å²) >= 11 is 0. The molecule has 0 aliphatic heterocycles. The SMILES string of the molecule is CC(=O)c1ccc(NC(=O)[C@H]2C[C@H]3CC[C@@H]2C3)cc1. The second-order valence-electron chi connectivity index (χ2n) is 5.90. The first-order valence-corrected chi connectivity index (χ1v) is 7.05. The molecule has 0 saturated heterocycles. The molecule has 0 aromatic heterocycles. The second kappa shape index (κ2) is 4.80. The van der Waals surface area contributed by atoms with Crippen molar-refractivity contribution in [3.05, 3.63) is 29.8 Å². The number of amides is 1. The van der Waals surface area contributed by atoms with Gasteiger partial charge >= 0.3 is 0 Å². The van der Waals surface area contributed by atoms with E-state index in [-0.39, 0.29) is 17.6 Å². The number of anilines is 1. The van der Waals surface area contributed by atoms with Crippen molar-refractivity contribution in [2.24, 2.45) is 17.8 Å². The number of Topliss-reactive ketones (excluding diaryl/α,β-unsaturated/α-hetero) is 1. The third-order valence-electron chi connectivity index (χ3n) is 4.63. The molecule has 2 fully saturated rings. The molecule has 3 heteroatoms. The van der Waals surface area contributed by atoms with Crippen LogP contribution in [0.1, 0.15) is 43.0 Å². The maximum atomic E-state index is 12.2. The van der Waals surface area contributed by atoms with Crippen molar-refractivity contribution in [1.82, 2.24) is 0 Å². The van der Waals surface area contributed by atoms with Crippen LogP contribution in [0.25, 0.3) is 0 Å². The van der Waals surface area contributed by atoms with Crippen molar-refractivity contribution in [1.29, 1.82) is 0 Å². The number of nitrogens with one attached hydrogen (secondary N) is 1. The van der Waals surface area contributed by atoms with Crippen LogP contribution in [-0.2, 0) is 4.79 Å². The van der Waals surface area contributed by atoms with E-state index in [0.29, 0.717) is 11.5 Å². The fourth-order valence-electron chi connectivity index (χ4n) is 3.59. The zero-order chi connectivity index (χ0) is 13.4. The molecule has 1 amide bonds. The number of benzene rings is 1. The molecule has 3 atom stereocenters. The first-order valence-electron chi connectivity index (χ1n) is 7.05. The molecule has 100 valence electrons. The largest absolute Gasteiger partial charge is 0.326 e. The molecule has 2 aliphatic carbocycles. The molecule has 1 aromatic carbocycles. The third kappa shape index (κ3) is 2.42. The van der Waals surface area contributed by atoms with E-state index in [2.05, 4.69) is 5.32 Å². The Morgan fingerprint density at radius 3 is 2.37 bits per heavy atom. The Morgan fingerprint density at radius 2 is 1.84 bits per heavy atom. The van der Waals surface area contributed by atoms with E-state index >= 15 is 0 Å². The van der Waals surface area contributed by atoms with Gasteiger partial charge in [-0.2, -0.15) is 0 Å². The van der Waals surface area contributed by atoms with Crippen LogP contribution in [0, 0.1) is 17.8 Å². The van der Waals surface area contributed by atoms with Crippen LogP contribution >= 0.6 is 0 Å². The summed E-state index contributed by atoms with van der Waals surface area (Å²) in [6.45, 7) is 1.54. The molecule has 0 unspecified atom stereocenters. The first-order chi connectivity index (χ1) is 9.13. The average Bonchev–Trinajstić information content (AvgIpc) is 3.01. The normalized spacial score (nSPS) is 28.4. The van der Waals surface area contributed by atoms with Crippen molar-refractivity contribution in [3.63, 3.8) is 0 Å². The van der Waals surface area contributed by atoms with Gasteiger partial charge in [0.2, 0.25) is 5.91 Å². The minimum absolute atomic E-state index is 0.0472. The number of ketones is 1. The van der Waals surface area contributed by atoms with Crippen LogP contribution < -0.4 is 5.32 Å². The van der Waals surface area contributed by atoms with Gasteiger partial charge in [-0.3, -0.25) is 9.59 Å². The summed E-state index contributed by atoms with van der Waals surface area (Å²) in [5.74, 6) is 1.78. The summed E-state index contributed by atoms with van der Waals surface area (Å²) in [7, 11) is 0. The lowest BCUT2D eigenvalue weighted by Crippen LogP contribution is -2.27. The number of hydrogen-bond acceptors (Lipinski definition) is 2. The Morgan fingerprint density at radius 1 is 1.11 bits per heavy atom. The standard InChI is InChI=1S/C16H19NO2/c1-10(18)12-4-6-14(7-5-12)17-16(19)15-9-11-2-3-13(15)8-11/h4-7,11,13,15H,2-3,8-9H2,1H3,(H,17,19)/t11-,13+,15-/m0/s1. The lowest BCUT2D eigenvalue weighted by atomic mass is 9.88. The second-order valence-corrected chi connectivity index (χ2v) is 5.90. The fraction of sp³-hybridized carbons (Fsp3) is 0.500. The summed E-state index contributed by atoms with van der Waals surface area (Å²) < 4.78 is 0. The van der Waals surface area contributed by atoms with Gasteiger partial charge in [0, 0.05) is 17.2 Å². The van der Waals surface area contributed by atoms with Gasteiger partial charge in [-0.15, -0.1) is 0 Å². The fourth-order valence-corrected chi connectivity index (χ4v) is 3.59. The molecule has 2 aliphatic rings.